The molecule has 0 aromatic rings. The minimum absolute atomic E-state index is 0. The van der Waals surface area contributed by atoms with Crippen LogP contribution >= 0.6 is 0 Å². The molecular weight excluding hydrogens is 255 g/mol. The van der Waals surface area contributed by atoms with Crippen molar-refractivity contribution in [2.24, 2.45) is 0 Å². The summed E-state index contributed by atoms with van der Waals surface area (Å²) >= 11 is 0. The second-order valence-electron chi connectivity index (χ2n) is 2.54. The Kier molecular flexibility index (Phi) is 10.7. The summed E-state index contributed by atoms with van der Waals surface area (Å²) in [4.78, 5) is 30.7. The van der Waals surface area contributed by atoms with Gasteiger partial charge in [-0.05, 0) is 0 Å². The molecule has 90 valence electrons. The third kappa shape index (κ3) is 5.31. The Balaban J connectivity index is -0.000000845. The van der Waals surface area contributed by atoms with E-state index >= 15 is 0 Å². The van der Waals surface area contributed by atoms with Gasteiger partial charge in [0.15, 0.2) is 6.10 Å². The molecule has 9 nitrogen and oxygen atoms in total. The summed E-state index contributed by atoms with van der Waals surface area (Å²) in [5.74, 6) is -5.87. The summed E-state index contributed by atoms with van der Waals surface area (Å²) in [7, 11) is 0. The predicted molar refractivity (Wildman–Crippen MR) is 49.2 cm³/mol. The van der Waals surface area contributed by atoms with Gasteiger partial charge in [-0.15, -0.1) is 0 Å². The first-order valence-electron chi connectivity index (χ1n) is 3.30. The molecule has 0 bridgehead atoms. The van der Waals surface area contributed by atoms with E-state index in [1.165, 1.54) is 0 Å². The molecule has 2 atom stereocenters. The van der Waals surface area contributed by atoms with Crippen molar-refractivity contribution in [2.75, 3.05) is 0 Å². The van der Waals surface area contributed by atoms with Gasteiger partial charge >= 0.3 is 69.3 Å². The molecular formula is C6H11KO9. The van der Waals surface area contributed by atoms with Gasteiger partial charge in [0.2, 0.25) is 5.60 Å². The number of aliphatic hydroxyl groups excluding tert-OH is 1. The van der Waals surface area contributed by atoms with Gasteiger partial charge in [-0.25, -0.2) is 9.59 Å². The van der Waals surface area contributed by atoms with E-state index in [4.69, 9.17) is 25.5 Å². The van der Waals surface area contributed by atoms with Crippen LogP contribution in [-0.4, -0.2) is 112 Å². The van der Waals surface area contributed by atoms with Crippen molar-refractivity contribution in [3.8, 4) is 0 Å². The molecule has 0 rings (SSSR count). The number of carboxylic acids is 3. The van der Waals surface area contributed by atoms with Gasteiger partial charge in [0, 0.05) is 0 Å². The number of rotatable bonds is 5. The summed E-state index contributed by atoms with van der Waals surface area (Å²) < 4.78 is 0. The van der Waals surface area contributed by atoms with Gasteiger partial charge in [-0.1, -0.05) is 0 Å². The fourth-order valence-electron chi connectivity index (χ4n) is 0.724. The average molecular weight is 266 g/mol. The Morgan fingerprint density at radius 2 is 1.50 bits per heavy atom. The summed E-state index contributed by atoms with van der Waals surface area (Å²) in [5, 5.41) is 42.6. The number of carboxylic acid groups (broad SMARTS) is 3. The maximum atomic E-state index is 10.4. The molecule has 0 saturated carbocycles. The number of hydrogen-bond acceptors (Lipinski definition) is 5. The Labute approximate surface area is 131 Å². The minimum atomic E-state index is -3.22. The van der Waals surface area contributed by atoms with E-state index in [-0.39, 0.29) is 56.9 Å². The molecule has 0 radical (unpaired) electrons. The molecule has 0 aliphatic carbocycles. The predicted octanol–water partition coefficient (Wildman–Crippen LogP) is -3.75. The van der Waals surface area contributed by atoms with Gasteiger partial charge < -0.3 is 31.0 Å². The standard InChI is InChI=1S/C6H8O8.K.H2O.H/c7-2(8)1-6(14,5(12)13)3(9)4(10)11;;;/h3,9,14H,1H2,(H,7,8)(H,10,11)(H,12,13);;1H2;. The van der Waals surface area contributed by atoms with Crippen molar-refractivity contribution in [1.29, 1.82) is 0 Å². The molecule has 0 aliphatic heterocycles. The number of aliphatic carboxylic acids is 3. The van der Waals surface area contributed by atoms with E-state index in [1.807, 2.05) is 0 Å². The molecule has 7 N–H and O–H groups in total. The van der Waals surface area contributed by atoms with Crippen LogP contribution < -0.4 is 0 Å². The molecule has 0 aromatic carbocycles. The van der Waals surface area contributed by atoms with Crippen LogP contribution in [0.1, 0.15) is 6.42 Å². The van der Waals surface area contributed by atoms with Crippen LogP contribution in [0.2, 0.25) is 0 Å². The van der Waals surface area contributed by atoms with Crippen LogP contribution in [0.15, 0.2) is 0 Å². The molecule has 0 aromatic heterocycles. The van der Waals surface area contributed by atoms with Gasteiger partial charge in [-0.2, -0.15) is 0 Å². The molecule has 0 spiro atoms. The Morgan fingerprint density at radius 1 is 1.12 bits per heavy atom. The summed E-state index contributed by atoms with van der Waals surface area (Å²) in [5.41, 5.74) is -3.22. The van der Waals surface area contributed by atoms with Crippen molar-refractivity contribution < 1.29 is 45.4 Å². The zero-order valence-corrected chi connectivity index (χ0v) is 7.25. The zero-order chi connectivity index (χ0) is 11.5. The summed E-state index contributed by atoms with van der Waals surface area (Å²) in [6, 6.07) is 0. The summed E-state index contributed by atoms with van der Waals surface area (Å²) in [6.45, 7) is 0. The SMILES string of the molecule is O.O=C(O)CC(O)(C(=O)O)C(O)C(=O)O.[KH]. The molecule has 16 heavy (non-hydrogen) atoms. The first-order valence-corrected chi connectivity index (χ1v) is 3.30. The normalized spacial score (nSPS) is 14.6. The summed E-state index contributed by atoms with van der Waals surface area (Å²) in [6.07, 6.45) is -4.11. The van der Waals surface area contributed by atoms with E-state index in [0.717, 1.165) is 0 Å². The van der Waals surface area contributed by atoms with E-state index < -0.39 is 36.0 Å². The molecule has 0 aliphatic rings. The molecule has 0 amide bonds. The molecule has 10 heteroatoms. The van der Waals surface area contributed by atoms with Crippen molar-refractivity contribution in [1.82, 2.24) is 0 Å². The van der Waals surface area contributed by atoms with Crippen LogP contribution in [0.4, 0.5) is 0 Å². The van der Waals surface area contributed by atoms with Crippen molar-refractivity contribution in [3.05, 3.63) is 0 Å². The fourth-order valence-corrected chi connectivity index (χ4v) is 0.724. The van der Waals surface area contributed by atoms with E-state index in [9.17, 15) is 14.4 Å². The zero-order valence-electron chi connectivity index (χ0n) is 7.25. The molecule has 0 heterocycles. The van der Waals surface area contributed by atoms with Crippen LogP contribution in [0.25, 0.3) is 0 Å². The van der Waals surface area contributed by atoms with Crippen LogP contribution in [-0.2, 0) is 14.4 Å². The van der Waals surface area contributed by atoms with Crippen molar-refractivity contribution in [3.63, 3.8) is 0 Å². The Hall–Kier alpha value is -0.0736. The van der Waals surface area contributed by atoms with Crippen molar-refractivity contribution in [2.45, 2.75) is 18.1 Å². The van der Waals surface area contributed by atoms with Crippen LogP contribution in [0.5, 0.6) is 0 Å². The van der Waals surface area contributed by atoms with Crippen LogP contribution in [0.3, 0.4) is 0 Å². The first kappa shape index (κ1) is 21.2. The number of aliphatic hydroxyl groups is 2. The van der Waals surface area contributed by atoms with Gasteiger partial charge in [0.05, 0.1) is 6.42 Å². The number of hydrogen-bond donors (Lipinski definition) is 5. The van der Waals surface area contributed by atoms with Gasteiger partial charge in [-0.3, -0.25) is 4.79 Å². The van der Waals surface area contributed by atoms with E-state index in [2.05, 4.69) is 0 Å². The second kappa shape index (κ2) is 8.08. The second-order valence-corrected chi connectivity index (χ2v) is 2.54. The third-order valence-electron chi connectivity index (χ3n) is 1.48. The molecule has 0 saturated heterocycles. The quantitative estimate of drug-likeness (QED) is 0.314. The monoisotopic (exact) mass is 266 g/mol. The first-order chi connectivity index (χ1) is 6.21. The molecule has 0 fully saturated rings. The van der Waals surface area contributed by atoms with Gasteiger partial charge in [0.25, 0.3) is 0 Å². The van der Waals surface area contributed by atoms with E-state index in [1.54, 1.807) is 0 Å². The van der Waals surface area contributed by atoms with Crippen LogP contribution in [0, 0.1) is 0 Å². The Morgan fingerprint density at radius 3 is 1.69 bits per heavy atom. The van der Waals surface area contributed by atoms with Gasteiger partial charge in [0.1, 0.15) is 0 Å². The topological polar surface area (TPSA) is 184 Å². The third-order valence-corrected chi connectivity index (χ3v) is 1.48. The van der Waals surface area contributed by atoms with E-state index in [0.29, 0.717) is 0 Å². The average Bonchev–Trinajstić information content (AvgIpc) is 2.00. The maximum absolute atomic E-state index is 10.4. The Bertz CT molecular complexity index is 277. The van der Waals surface area contributed by atoms with Crippen molar-refractivity contribution >= 4 is 69.3 Å². The fraction of sp³-hybridized carbons (Fsp3) is 0.500. The number of carbonyl (C=O) groups is 3. The molecule has 2 unspecified atom stereocenters.